The van der Waals surface area contributed by atoms with E-state index in [1.165, 1.54) is 12.1 Å². The maximum atomic E-state index is 12.8. The molecule has 0 atom stereocenters. The number of nitrogens with one attached hydrogen (secondary N) is 1. The third-order valence-electron chi connectivity index (χ3n) is 4.11. The van der Waals surface area contributed by atoms with Crippen LogP contribution in [-0.4, -0.2) is 17.8 Å². The number of amides is 4. The molecule has 0 aliphatic carbocycles. The average Bonchev–Trinajstić information content (AvgIpc) is 2.56. The minimum Gasteiger partial charge on any atom is -0.273 e. The number of hydrogen-bond donors (Lipinski definition) is 1. The van der Waals surface area contributed by atoms with Crippen LogP contribution in [-0.2, 0) is 9.59 Å². The number of imide groups is 2. The van der Waals surface area contributed by atoms with Crippen LogP contribution in [0.5, 0.6) is 0 Å². The van der Waals surface area contributed by atoms with Crippen LogP contribution < -0.4 is 10.2 Å². The van der Waals surface area contributed by atoms with E-state index in [1.807, 2.05) is 13.8 Å². The molecule has 2 aromatic carbocycles. The molecule has 2 aromatic rings. The molecule has 1 heterocycles. The van der Waals surface area contributed by atoms with Gasteiger partial charge in [-0.3, -0.25) is 14.9 Å². The van der Waals surface area contributed by atoms with Crippen molar-refractivity contribution in [2.75, 3.05) is 4.90 Å². The summed E-state index contributed by atoms with van der Waals surface area (Å²) in [4.78, 5) is 38.2. The minimum atomic E-state index is -0.789. The van der Waals surface area contributed by atoms with Gasteiger partial charge in [-0.25, -0.2) is 9.69 Å². The lowest BCUT2D eigenvalue weighted by atomic mass is 10.1. The van der Waals surface area contributed by atoms with Crippen molar-refractivity contribution in [2.24, 2.45) is 0 Å². The Balaban J connectivity index is 2.05. The SMILES string of the molecule is Cc1ccc(N2C(=O)NC(=O)C(=Cc3ccc(Cl)cc3Cl)C2=O)cc1C. The van der Waals surface area contributed by atoms with Crippen molar-refractivity contribution in [3.8, 4) is 0 Å². The van der Waals surface area contributed by atoms with E-state index >= 15 is 0 Å². The molecule has 1 aliphatic rings. The summed E-state index contributed by atoms with van der Waals surface area (Å²) in [5.74, 6) is -1.49. The van der Waals surface area contributed by atoms with E-state index in [1.54, 1.807) is 30.3 Å². The Morgan fingerprint density at radius 1 is 0.962 bits per heavy atom. The van der Waals surface area contributed by atoms with Crippen molar-refractivity contribution in [3.63, 3.8) is 0 Å². The normalized spacial score (nSPS) is 16.2. The average molecular weight is 389 g/mol. The van der Waals surface area contributed by atoms with Crippen molar-refractivity contribution in [2.45, 2.75) is 13.8 Å². The molecule has 1 saturated heterocycles. The molecule has 132 valence electrons. The molecule has 5 nitrogen and oxygen atoms in total. The number of halogens is 2. The molecule has 0 saturated carbocycles. The van der Waals surface area contributed by atoms with Crippen molar-refractivity contribution >= 4 is 52.8 Å². The number of benzene rings is 2. The molecule has 0 radical (unpaired) electrons. The Bertz CT molecular complexity index is 983. The fraction of sp³-hybridized carbons (Fsp3) is 0.105. The Kier molecular flexibility index (Phi) is 4.85. The molecule has 7 heteroatoms. The van der Waals surface area contributed by atoms with Gasteiger partial charge in [-0.1, -0.05) is 35.3 Å². The smallest absolute Gasteiger partial charge is 0.273 e. The second-order valence-corrected chi connectivity index (χ2v) is 6.74. The summed E-state index contributed by atoms with van der Waals surface area (Å²) >= 11 is 12.0. The Morgan fingerprint density at radius 3 is 2.35 bits per heavy atom. The number of nitrogens with zero attached hydrogens (tertiary/aromatic N) is 1. The quantitative estimate of drug-likeness (QED) is 0.616. The van der Waals surface area contributed by atoms with E-state index in [-0.39, 0.29) is 5.57 Å². The summed E-state index contributed by atoms with van der Waals surface area (Å²) in [5, 5.41) is 2.91. The standard InChI is InChI=1S/C19H14Cl2N2O3/c1-10-3-6-14(7-11(10)2)23-18(25)15(17(24)22-19(23)26)8-12-4-5-13(20)9-16(12)21/h3-9H,1-2H3,(H,22,24,26). The number of carbonyl (C=O) groups excluding carboxylic acids is 3. The predicted molar refractivity (Wildman–Crippen MR) is 101 cm³/mol. The van der Waals surface area contributed by atoms with E-state index in [9.17, 15) is 14.4 Å². The largest absolute Gasteiger partial charge is 0.335 e. The maximum Gasteiger partial charge on any atom is 0.335 e. The number of anilines is 1. The van der Waals surface area contributed by atoms with Crippen LogP contribution in [0.4, 0.5) is 10.5 Å². The van der Waals surface area contributed by atoms with E-state index in [2.05, 4.69) is 5.32 Å². The lowest BCUT2D eigenvalue weighted by Gasteiger charge is -2.27. The molecular weight excluding hydrogens is 375 g/mol. The van der Waals surface area contributed by atoms with Crippen LogP contribution in [0, 0.1) is 13.8 Å². The zero-order valence-electron chi connectivity index (χ0n) is 14.0. The first-order chi connectivity index (χ1) is 12.3. The molecule has 0 bridgehead atoms. The molecule has 0 spiro atoms. The topological polar surface area (TPSA) is 66.5 Å². The summed E-state index contributed by atoms with van der Waals surface area (Å²) in [6.07, 6.45) is 1.34. The second-order valence-electron chi connectivity index (χ2n) is 5.89. The third-order valence-corrected chi connectivity index (χ3v) is 4.68. The van der Waals surface area contributed by atoms with E-state index < -0.39 is 17.8 Å². The van der Waals surface area contributed by atoms with Gasteiger partial charge in [-0.2, -0.15) is 0 Å². The summed E-state index contributed by atoms with van der Waals surface area (Å²) in [6, 6.07) is 9.08. The van der Waals surface area contributed by atoms with Crippen LogP contribution >= 0.6 is 23.2 Å². The van der Waals surface area contributed by atoms with E-state index in [0.29, 0.717) is 21.3 Å². The van der Waals surface area contributed by atoms with E-state index in [4.69, 9.17) is 23.2 Å². The number of urea groups is 1. The number of barbiturate groups is 1. The summed E-state index contributed by atoms with van der Waals surface area (Å²) < 4.78 is 0. The molecular formula is C19H14Cl2N2O3. The third kappa shape index (κ3) is 3.36. The molecule has 3 rings (SSSR count). The molecule has 0 unspecified atom stereocenters. The first kappa shape index (κ1) is 18.2. The Morgan fingerprint density at radius 2 is 1.69 bits per heavy atom. The zero-order valence-corrected chi connectivity index (χ0v) is 15.5. The van der Waals surface area contributed by atoms with Gasteiger partial charge in [0.1, 0.15) is 5.57 Å². The zero-order chi connectivity index (χ0) is 19.0. The first-order valence-electron chi connectivity index (χ1n) is 7.71. The lowest BCUT2D eigenvalue weighted by Crippen LogP contribution is -2.54. The predicted octanol–water partition coefficient (Wildman–Crippen LogP) is 4.28. The van der Waals surface area contributed by atoms with Gasteiger partial charge in [0.25, 0.3) is 11.8 Å². The highest BCUT2D eigenvalue weighted by Crippen LogP contribution is 2.27. The van der Waals surface area contributed by atoms with Gasteiger partial charge in [0.15, 0.2) is 0 Å². The summed E-state index contributed by atoms with van der Waals surface area (Å²) in [6.45, 7) is 3.80. The maximum absolute atomic E-state index is 12.8. The van der Waals surface area contributed by atoms with Gasteiger partial charge >= 0.3 is 6.03 Å². The van der Waals surface area contributed by atoms with Gasteiger partial charge in [0.05, 0.1) is 5.69 Å². The van der Waals surface area contributed by atoms with Crippen molar-refractivity contribution in [1.82, 2.24) is 5.32 Å². The highest BCUT2D eigenvalue weighted by atomic mass is 35.5. The van der Waals surface area contributed by atoms with E-state index in [0.717, 1.165) is 16.0 Å². The Hall–Kier alpha value is -2.63. The minimum absolute atomic E-state index is 0.188. The number of hydrogen-bond acceptors (Lipinski definition) is 3. The monoisotopic (exact) mass is 388 g/mol. The number of rotatable bonds is 2. The van der Waals surface area contributed by atoms with Gasteiger partial charge in [0.2, 0.25) is 0 Å². The van der Waals surface area contributed by atoms with Crippen LogP contribution in [0.25, 0.3) is 6.08 Å². The highest BCUT2D eigenvalue weighted by molar-refractivity contribution is 6.40. The molecule has 0 aromatic heterocycles. The van der Waals surface area contributed by atoms with Gasteiger partial charge in [0, 0.05) is 10.0 Å². The molecule has 1 aliphatic heterocycles. The lowest BCUT2D eigenvalue weighted by molar-refractivity contribution is -0.122. The van der Waals surface area contributed by atoms with Crippen LogP contribution in [0.3, 0.4) is 0 Å². The van der Waals surface area contributed by atoms with Gasteiger partial charge in [-0.15, -0.1) is 0 Å². The fourth-order valence-corrected chi connectivity index (χ4v) is 2.99. The summed E-state index contributed by atoms with van der Waals surface area (Å²) in [7, 11) is 0. The van der Waals surface area contributed by atoms with Gasteiger partial charge in [-0.05, 0) is 60.9 Å². The van der Waals surface area contributed by atoms with Crippen LogP contribution in [0.1, 0.15) is 16.7 Å². The second kappa shape index (κ2) is 6.94. The fourth-order valence-electron chi connectivity index (χ4n) is 2.53. The van der Waals surface area contributed by atoms with Crippen molar-refractivity contribution in [1.29, 1.82) is 0 Å². The van der Waals surface area contributed by atoms with Crippen LogP contribution in [0.15, 0.2) is 42.0 Å². The summed E-state index contributed by atoms with van der Waals surface area (Å²) in [5.41, 5.74) is 2.59. The van der Waals surface area contributed by atoms with Crippen LogP contribution in [0.2, 0.25) is 10.0 Å². The number of aryl methyl sites for hydroxylation is 2. The molecule has 26 heavy (non-hydrogen) atoms. The van der Waals surface area contributed by atoms with Crippen molar-refractivity contribution < 1.29 is 14.4 Å². The van der Waals surface area contributed by atoms with Gasteiger partial charge < -0.3 is 0 Å². The Labute approximate surface area is 160 Å². The first-order valence-corrected chi connectivity index (χ1v) is 8.47. The molecule has 1 N–H and O–H groups in total. The molecule has 4 amide bonds. The number of carbonyl (C=O) groups is 3. The molecule has 1 fully saturated rings. The van der Waals surface area contributed by atoms with Crippen molar-refractivity contribution in [3.05, 3.63) is 68.7 Å². The highest BCUT2D eigenvalue weighted by Gasteiger charge is 2.37.